The largest absolute Gasteiger partial charge is 0.465 e. The number of esters is 2. The summed E-state index contributed by atoms with van der Waals surface area (Å²) in [6.45, 7) is 4.78. The fourth-order valence-corrected chi connectivity index (χ4v) is 3.04. The van der Waals surface area contributed by atoms with Crippen LogP contribution in [-0.2, 0) is 24.5 Å². The molecular formula is C22H28O4. The van der Waals surface area contributed by atoms with E-state index in [1.54, 1.807) is 24.3 Å². The maximum absolute atomic E-state index is 13.1. The lowest BCUT2D eigenvalue weighted by atomic mass is 9.68. The molecule has 0 saturated carbocycles. The van der Waals surface area contributed by atoms with E-state index in [1.165, 1.54) is 0 Å². The molecule has 0 bridgehead atoms. The van der Waals surface area contributed by atoms with E-state index in [0.717, 1.165) is 31.2 Å². The van der Waals surface area contributed by atoms with Crippen molar-refractivity contribution < 1.29 is 19.1 Å². The number of unbranched alkanes of at least 4 members (excludes halogenated alkanes) is 2. The van der Waals surface area contributed by atoms with Crippen molar-refractivity contribution in [1.29, 1.82) is 0 Å². The Hall–Kier alpha value is -2.36. The fourth-order valence-electron chi connectivity index (χ4n) is 3.04. The van der Waals surface area contributed by atoms with Gasteiger partial charge in [0.1, 0.15) is 5.41 Å². The van der Waals surface area contributed by atoms with Crippen LogP contribution in [-0.4, -0.2) is 25.2 Å². The maximum Gasteiger partial charge on any atom is 0.321 e. The van der Waals surface area contributed by atoms with E-state index in [1.807, 2.05) is 44.2 Å². The number of carbonyl (C=O) groups is 2. The lowest BCUT2D eigenvalue weighted by Gasteiger charge is -2.35. The molecule has 0 N–H and O–H groups in total. The van der Waals surface area contributed by atoms with E-state index in [9.17, 15) is 9.59 Å². The van der Waals surface area contributed by atoms with Crippen LogP contribution < -0.4 is 0 Å². The highest BCUT2D eigenvalue weighted by molar-refractivity contribution is 5.94. The molecule has 1 aromatic rings. The molecule has 0 radical (unpaired) electrons. The minimum atomic E-state index is -1.19. The molecule has 0 aromatic heterocycles. The molecule has 1 aliphatic rings. The number of rotatable bonds is 9. The van der Waals surface area contributed by atoms with E-state index in [0.29, 0.717) is 13.2 Å². The van der Waals surface area contributed by atoms with Crippen LogP contribution in [0, 0.1) is 5.92 Å². The Bertz CT molecular complexity index is 647. The van der Waals surface area contributed by atoms with Crippen molar-refractivity contribution in [2.45, 2.75) is 44.9 Å². The topological polar surface area (TPSA) is 52.6 Å². The highest BCUT2D eigenvalue weighted by Crippen LogP contribution is 2.39. The molecule has 2 unspecified atom stereocenters. The first-order chi connectivity index (χ1) is 12.7. The number of benzene rings is 1. The minimum absolute atomic E-state index is 0.346. The van der Waals surface area contributed by atoms with Crippen molar-refractivity contribution in [1.82, 2.24) is 0 Å². The molecule has 1 aromatic carbocycles. The van der Waals surface area contributed by atoms with Crippen LogP contribution >= 0.6 is 0 Å². The van der Waals surface area contributed by atoms with Gasteiger partial charge in [-0.05, 0) is 18.4 Å². The molecule has 0 aliphatic heterocycles. The van der Waals surface area contributed by atoms with E-state index in [-0.39, 0.29) is 0 Å². The summed E-state index contributed by atoms with van der Waals surface area (Å²) < 4.78 is 11.0. The van der Waals surface area contributed by atoms with Crippen molar-refractivity contribution >= 4 is 11.9 Å². The SMILES string of the molecule is CCCCOC(=O)C1C=CC=CC1(C(=O)OCCCC)c1ccccc1. The quantitative estimate of drug-likeness (QED) is 0.487. The second-order valence-corrected chi connectivity index (χ2v) is 6.47. The summed E-state index contributed by atoms with van der Waals surface area (Å²) in [6.07, 6.45) is 10.6. The molecule has 0 amide bonds. The van der Waals surface area contributed by atoms with Crippen LogP contribution in [0.4, 0.5) is 0 Å². The third-order valence-corrected chi connectivity index (χ3v) is 4.58. The van der Waals surface area contributed by atoms with Crippen molar-refractivity contribution in [2.24, 2.45) is 5.92 Å². The lowest BCUT2D eigenvalue weighted by molar-refractivity contribution is -0.159. The van der Waals surface area contributed by atoms with Gasteiger partial charge in [-0.25, -0.2) is 0 Å². The fraction of sp³-hybridized carbons (Fsp3) is 0.455. The first-order valence-corrected chi connectivity index (χ1v) is 9.42. The second kappa shape index (κ2) is 9.95. The van der Waals surface area contributed by atoms with Gasteiger partial charge in [0.15, 0.2) is 0 Å². The molecule has 0 spiro atoms. The van der Waals surface area contributed by atoms with Gasteiger partial charge in [0.2, 0.25) is 0 Å². The van der Waals surface area contributed by atoms with Crippen LogP contribution in [0.15, 0.2) is 54.6 Å². The van der Waals surface area contributed by atoms with Crippen LogP contribution in [0.2, 0.25) is 0 Å². The zero-order valence-electron chi connectivity index (χ0n) is 15.6. The molecular weight excluding hydrogens is 328 g/mol. The van der Waals surface area contributed by atoms with E-state index < -0.39 is 23.3 Å². The van der Waals surface area contributed by atoms with Gasteiger partial charge < -0.3 is 9.47 Å². The zero-order valence-corrected chi connectivity index (χ0v) is 15.6. The number of allylic oxidation sites excluding steroid dienone is 2. The molecule has 140 valence electrons. The van der Waals surface area contributed by atoms with Gasteiger partial charge in [0.05, 0.1) is 19.1 Å². The third kappa shape index (κ3) is 4.43. The van der Waals surface area contributed by atoms with E-state index in [4.69, 9.17) is 9.47 Å². The average molecular weight is 356 g/mol. The van der Waals surface area contributed by atoms with Crippen LogP contribution in [0.3, 0.4) is 0 Å². The Morgan fingerprint density at radius 2 is 1.62 bits per heavy atom. The Kier molecular flexibility index (Phi) is 7.64. The predicted molar refractivity (Wildman–Crippen MR) is 102 cm³/mol. The predicted octanol–water partition coefficient (Wildman–Crippen LogP) is 4.35. The smallest absolute Gasteiger partial charge is 0.321 e. The molecule has 1 aliphatic carbocycles. The monoisotopic (exact) mass is 356 g/mol. The van der Waals surface area contributed by atoms with Gasteiger partial charge in [-0.2, -0.15) is 0 Å². The number of ether oxygens (including phenoxy) is 2. The Balaban J connectivity index is 2.36. The van der Waals surface area contributed by atoms with E-state index >= 15 is 0 Å². The van der Waals surface area contributed by atoms with Gasteiger partial charge >= 0.3 is 11.9 Å². The highest BCUT2D eigenvalue weighted by atomic mass is 16.5. The van der Waals surface area contributed by atoms with Crippen LogP contribution in [0.5, 0.6) is 0 Å². The molecule has 0 saturated heterocycles. The highest BCUT2D eigenvalue weighted by Gasteiger charge is 2.50. The van der Waals surface area contributed by atoms with E-state index in [2.05, 4.69) is 0 Å². The molecule has 26 heavy (non-hydrogen) atoms. The lowest BCUT2D eigenvalue weighted by Crippen LogP contribution is -2.47. The summed E-state index contributed by atoms with van der Waals surface area (Å²) in [5.74, 6) is -1.54. The van der Waals surface area contributed by atoms with Crippen molar-refractivity contribution in [3.8, 4) is 0 Å². The zero-order chi connectivity index (χ0) is 18.8. The molecule has 2 atom stereocenters. The number of hydrogen-bond acceptors (Lipinski definition) is 4. The van der Waals surface area contributed by atoms with Crippen molar-refractivity contribution in [3.63, 3.8) is 0 Å². The molecule has 0 fully saturated rings. The first kappa shape index (κ1) is 20.0. The van der Waals surface area contributed by atoms with Crippen LogP contribution in [0.1, 0.15) is 45.1 Å². The minimum Gasteiger partial charge on any atom is -0.465 e. The maximum atomic E-state index is 13.1. The van der Waals surface area contributed by atoms with Gasteiger partial charge in [0, 0.05) is 0 Å². The van der Waals surface area contributed by atoms with Gasteiger partial charge in [0.25, 0.3) is 0 Å². The summed E-state index contributed by atoms with van der Waals surface area (Å²) in [5, 5.41) is 0. The number of hydrogen-bond donors (Lipinski definition) is 0. The summed E-state index contributed by atoms with van der Waals surface area (Å²) in [5.41, 5.74) is -0.452. The molecule has 4 nitrogen and oxygen atoms in total. The molecule has 0 heterocycles. The first-order valence-electron chi connectivity index (χ1n) is 9.42. The average Bonchev–Trinajstić information content (AvgIpc) is 2.68. The summed E-state index contributed by atoms with van der Waals surface area (Å²) in [7, 11) is 0. The van der Waals surface area contributed by atoms with Gasteiger partial charge in [-0.15, -0.1) is 0 Å². The third-order valence-electron chi connectivity index (χ3n) is 4.58. The normalized spacial score (nSPS) is 21.4. The molecule has 2 rings (SSSR count). The molecule has 4 heteroatoms. The van der Waals surface area contributed by atoms with Gasteiger partial charge in [-0.3, -0.25) is 9.59 Å². The Labute approximate surface area is 155 Å². The Morgan fingerprint density at radius 1 is 0.962 bits per heavy atom. The van der Waals surface area contributed by atoms with Crippen molar-refractivity contribution in [3.05, 3.63) is 60.2 Å². The van der Waals surface area contributed by atoms with Crippen LogP contribution in [0.25, 0.3) is 0 Å². The standard InChI is InChI=1S/C22H28O4/c1-3-5-16-25-20(23)19-14-10-11-15-22(19,18-12-8-7-9-13-18)21(24)26-17-6-4-2/h7-15,19H,3-6,16-17H2,1-2H3. The summed E-state index contributed by atoms with van der Waals surface area (Å²) in [6, 6.07) is 9.33. The summed E-state index contributed by atoms with van der Waals surface area (Å²) in [4.78, 5) is 25.9. The Morgan fingerprint density at radius 3 is 2.27 bits per heavy atom. The number of carbonyl (C=O) groups excluding carboxylic acids is 2. The van der Waals surface area contributed by atoms with Gasteiger partial charge in [-0.1, -0.05) is 81.3 Å². The second-order valence-electron chi connectivity index (χ2n) is 6.47. The van der Waals surface area contributed by atoms with Crippen molar-refractivity contribution in [2.75, 3.05) is 13.2 Å². The summed E-state index contributed by atoms with van der Waals surface area (Å²) >= 11 is 0.